The topological polar surface area (TPSA) is 62.5 Å². The van der Waals surface area contributed by atoms with Crippen LogP contribution in [0, 0.1) is 0 Å². The number of benzene rings is 2. The Morgan fingerprint density at radius 3 is 2.84 bits per heavy atom. The molecule has 1 atom stereocenters. The Hall–Kier alpha value is -3.05. The molecule has 0 bridgehead atoms. The summed E-state index contributed by atoms with van der Waals surface area (Å²) in [5.41, 5.74) is 5.77. The Balaban J connectivity index is 1.85. The molecule has 0 aliphatic carbocycles. The second-order valence-electron chi connectivity index (χ2n) is 6.00. The lowest BCUT2D eigenvalue weighted by Crippen LogP contribution is -2.12. The van der Waals surface area contributed by atoms with Crippen LogP contribution in [0.2, 0.25) is 5.02 Å². The van der Waals surface area contributed by atoms with Crippen LogP contribution in [0.15, 0.2) is 61.1 Å². The molecule has 4 aromatic rings. The summed E-state index contributed by atoms with van der Waals surface area (Å²) in [7, 11) is 0. The molecule has 2 N–H and O–H groups in total. The first-order valence-corrected chi connectivity index (χ1v) is 8.27. The van der Waals surface area contributed by atoms with Gasteiger partial charge in [0.05, 0.1) is 11.6 Å². The molecule has 1 aliphatic rings. The molecule has 0 spiro atoms. The number of nitrogens with one attached hydrogen (secondary N) is 1. The van der Waals surface area contributed by atoms with E-state index < -0.39 is 0 Å². The molecule has 2 aromatic carbocycles. The highest BCUT2D eigenvalue weighted by Crippen LogP contribution is 2.42. The monoisotopic (exact) mass is 348 g/mol. The number of aromatic hydroxyl groups is 1. The van der Waals surface area contributed by atoms with E-state index in [1.54, 1.807) is 18.5 Å². The molecule has 122 valence electrons. The minimum atomic E-state index is -0.175. The van der Waals surface area contributed by atoms with E-state index in [4.69, 9.17) is 11.6 Å². The van der Waals surface area contributed by atoms with Gasteiger partial charge in [0.25, 0.3) is 0 Å². The van der Waals surface area contributed by atoms with E-state index in [-0.39, 0.29) is 11.8 Å². The summed E-state index contributed by atoms with van der Waals surface area (Å²) in [6, 6.07) is 15.0. The molecule has 6 heteroatoms. The maximum Gasteiger partial charge on any atom is 0.137 e. The van der Waals surface area contributed by atoms with Crippen LogP contribution < -0.4 is 5.32 Å². The molecule has 25 heavy (non-hydrogen) atoms. The maximum atomic E-state index is 9.69. The van der Waals surface area contributed by atoms with Crippen molar-refractivity contribution in [3.8, 4) is 17.0 Å². The number of fused-ring (bicyclic) bond motifs is 2. The third-order valence-corrected chi connectivity index (χ3v) is 4.90. The van der Waals surface area contributed by atoms with Crippen molar-refractivity contribution in [2.45, 2.75) is 6.04 Å². The summed E-state index contributed by atoms with van der Waals surface area (Å²) in [4.78, 5) is 4.53. The Labute approximate surface area is 148 Å². The van der Waals surface area contributed by atoms with E-state index >= 15 is 0 Å². The van der Waals surface area contributed by atoms with Crippen LogP contribution in [0.25, 0.3) is 16.8 Å². The number of phenols is 1. The average molecular weight is 349 g/mol. The highest BCUT2D eigenvalue weighted by atomic mass is 35.5. The summed E-state index contributed by atoms with van der Waals surface area (Å²) >= 11 is 6.43. The fraction of sp³-hybridized carbons (Fsp3) is 0.0526. The van der Waals surface area contributed by atoms with Crippen molar-refractivity contribution in [2.75, 3.05) is 5.32 Å². The highest BCUT2D eigenvalue weighted by molar-refractivity contribution is 6.31. The molecule has 5 nitrogen and oxygen atoms in total. The molecule has 0 saturated heterocycles. The third-order valence-electron chi connectivity index (χ3n) is 4.57. The van der Waals surface area contributed by atoms with Gasteiger partial charge in [0.15, 0.2) is 0 Å². The van der Waals surface area contributed by atoms with E-state index in [1.807, 2.05) is 47.1 Å². The van der Waals surface area contributed by atoms with Crippen LogP contribution in [0.1, 0.15) is 17.2 Å². The zero-order chi connectivity index (χ0) is 17.0. The molecule has 0 fully saturated rings. The van der Waals surface area contributed by atoms with Crippen LogP contribution in [-0.2, 0) is 0 Å². The van der Waals surface area contributed by atoms with Gasteiger partial charge in [-0.25, -0.2) is 9.50 Å². The zero-order valence-corrected chi connectivity index (χ0v) is 13.8. The lowest BCUT2D eigenvalue weighted by molar-refractivity contribution is 0.475. The molecule has 0 saturated carbocycles. The van der Waals surface area contributed by atoms with E-state index in [2.05, 4.69) is 15.4 Å². The first-order valence-electron chi connectivity index (χ1n) is 7.89. The predicted octanol–water partition coefficient (Wildman–Crippen LogP) is 4.27. The van der Waals surface area contributed by atoms with Crippen LogP contribution in [0.4, 0.5) is 5.69 Å². The molecule has 0 radical (unpaired) electrons. The second kappa shape index (κ2) is 5.22. The van der Waals surface area contributed by atoms with E-state index in [0.717, 1.165) is 33.6 Å². The minimum absolute atomic E-state index is 0.147. The van der Waals surface area contributed by atoms with Gasteiger partial charge < -0.3 is 10.4 Å². The van der Waals surface area contributed by atoms with Gasteiger partial charge in [-0.1, -0.05) is 35.9 Å². The van der Waals surface area contributed by atoms with E-state index in [9.17, 15) is 5.11 Å². The van der Waals surface area contributed by atoms with Crippen molar-refractivity contribution in [3.63, 3.8) is 0 Å². The molecule has 3 heterocycles. The largest absolute Gasteiger partial charge is 0.508 e. The van der Waals surface area contributed by atoms with Crippen LogP contribution in [0.3, 0.4) is 0 Å². The number of nitrogens with zero attached hydrogens (tertiary/aromatic N) is 3. The fourth-order valence-corrected chi connectivity index (χ4v) is 3.74. The number of rotatable bonds is 1. The molecular formula is C19H13ClN4O. The zero-order valence-electron chi connectivity index (χ0n) is 13.0. The second-order valence-corrected chi connectivity index (χ2v) is 6.41. The van der Waals surface area contributed by atoms with Crippen molar-refractivity contribution >= 4 is 22.8 Å². The van der Waals surface area contributed by atoms with E-state index in [1.165, 1.54) is 0 Å². The third kappa shape index (κ3) is 2.09. The number of hydrogen-bond donors (Lipinski definition) is 2. The summed E-state index contributed by atoms with van der Waals surface area (Å²) in [6.45, 7) is 0. The van der Waals surface area contributed by atoms with Gasteiger partial charge in [-0.05, 0) is 29.8 Å². The van der Waals surface area contributed by atoms with Crippen LogP contribution in [-0.4, -0.2) is 19.7 Å². The molecule has 1 aliphatic heterocycles. The number of halogens is 1. The maximum absolute atomic E-state index is 9.69. The Morgan fingerprint density at radius 1 is 1.08 bits per heavy atom. The lowest BCUT2D eigenvalue weighted by Gasteiger charge is -2.20. The first kappa shape index (κ1) is 14.3. The number of phenolic OH excluding ortho intramolecular Hbond substituents is 1. The van der Waals surface area contributed by atoms with Gasteiger partial charge in [0, 0.05) is 28.0 Å². The summed E-state index contributed by atoms with van der Waals surface area (Å²) in [5, 5.41) is 18.1. The summed E-state index contributed by atoms with van der Waals surface area (Å²) < 4.78 is 1.84. The molecule has 1 unspecified atom stereocenters. The summed E-state index contributed by atoms with van der Waals surface area (Å²) in [6.07, 6.45) is 3.49. The Morgan fingerprint density at radius 2 is 1.96 bits per heavy atom. The molecule has 2 aromatic heterocycles. The highest BCUT2D eigenvalue weighted by Gasteiger charge is 2.27. The summed E-state index contributed by atoms with van der Waals surface area (Å²) in [5.74, 6) is 0.147. The van der Waals surface area contributed by atoms with Crippen molar-refractivity contribution in [1.29, 1.82) is 0 Å². The number of aromatic nitrogens is 3. The quantitative estimate of drug-likeness (QED) is 0.539. The Kier molecular flexibility index (Phi) is 2.99. The molecular weight excluding hydrogens is 336 g/mol. The van der Waals surface area contributed by atoms with Crippen LogP contribution >= 0.6 is 11.6 Å². The smallest absolute Gasteiger partial charge is 0.137 e. The predicted molar refractivity (Wildman–Crippen MR) is 97.0 cm³/mol. The lowest BCUT2D eigenvalue weighted by atomic mass is 9.99. The van der Waals surface area contributed by atoms with Gasteiger partial charge in [0.1, 0.15) is 17.8 Å². The normalized spacial score (nSPS) is 15.5. The molecule has 5 rings (SSSR count). The Bertz CT molecular complexity index is 1120. The van der Waals surface area contributed by atoms with Crippen molar-refractivity contribution < 1.29 is 5.11 Å². The van der Waals surface area contributed by atoms with Gasteiger partial charge in [-0.15, -0.1) is 0 Å². The molecule has 0 amide bonds. The minimum Gasteiger partial charge on any atom is -0.508 e. The SMILES string of the molecule is Oc1ccc(C2Nc3ccccc3-c3ncnn4ccc2c34)c(Cl)c1. The number of hydrogen-bond acceptors (Lipinski definition) is 4. The first-order chi connectivity index (χ1) is 12.2. The average Bonchev–Trinajstić information content (AvgIpc) is 2.98. The number of anilines is 1. The van der Waals surface area contributed by atoms with Gasteiger partial charge >= 0.3 is 0 Å². The van der Waals surface area contributed by atoms with Gasteiger partial charge in [0.2, 0.25) is 0 Å². The van der Waals surface area contributed by atoms with Crippen molar-refractivity contribution in [2.24, 2.45) is 0 Å². The van der Waals surface area contributed by atoms with Crippen molar-refractivity contribution in [3.05, 3.63) is 77.2 Å². The van der Waals surface area contributed by atoms with Crippen LogP contribution in [0.5, 0.6) is 5.75 Å². The van der Waals surface area contributed by atoms with Crippen molar-refractivity contribution in [1.82, 2.24) is 14.6 Å². The standard InChI is InChI=1S/C19H13ClN4O/c20-15-9-11(25)5-6-12(15)17-14-7-8-24-19(14)18(21-10-22-24)13-3-1-2-4-16(13)23-17/h1-10,17,23,25H. The van der Waals surface area contributed by atoms with E-state index in [0.29, 0.717) is 5.02 Å². The fourth-order valence-electron chi connectivity index (χ4n) is 3.45. The van der Waals surface area contributed by atoms with Gasteiger partial charge in [-0.2, -0.15) is 5.10 Å². The van der Waals surface area contributed by atoms with Gasteiger partial charge in [-0.3, -0.25) is 0 Å². The number of para-hydroxylation sites is 1.